The highest BCUT2D eigenvalue weighted by Gasteiger charge is 2.25. The molecule has 0 saturated heterocycles. The summed E-state index contributed by atoms with van der Waals surface area (Å²) in [6.45, 7) is 8.82. The molecule has 0 spiro atoms. The second kappa shape index (κ2) is 12.8. The summed E-state index contributed by atoms with van der Waals surface area (Å²) in [6, 6.07) is 5.72. The molecule has 2 rings (SSSR count). The minimum absolute atomic E-state index is 0. The number of guanidine groups is 1. The van der Waals surface area contributed by atoms with Gasteiger partial charge in [0.05, 0.1) is 13.7 Å². The Morgan fingerprint density at radius 1 is 1.16 bits per heavy atom. The fourth-order valence-electron chi connectivity index (χ4n) is 3.37. The molecule has 176 valence electrons. The van der Waals surface area contributed by atoms with Crippen molar-refractivity contribution < 1.29 is 19.4 Å². The molecule has 1 aliphatic carbocycles. The summed E-state index contributed by atoms with van der Waals surface area (Å²) in [6.07, 6.45) is 3.31. The average molecular weight is 548 g/mol. The predicted molar refractivity (Wildman–Crippen MR) is 133 cm³/mol. The van der Waals surface area contributed by atoms with Crippen LogP contribution in [0.2, 0.25) is 0 Å². The summed E-state index contributed by atoms with van der Waals surface area (Å²) < 4.78 is 10.4. The SMILES string of the molecule is CCNC(=NCc1ccc(OC)c(O)c1)NC1CCC(NC(=O)OC(C)(C)C)CC1.I. The van der Waals surface area contributed by atoms with E-state index >= 15 is 0 Å². The van der Waals surface area contributed by atoms with Gasteiger partial charge in [0, 0.05) is 18.6 Å². The molecule has 0 atom stereocenters. The van der Waals surface area contributed by atoms with Crippen molar-refractivity contribution in [3.8, 4) is 11.5 Å². The van der Waals surface area contributed by atoms with Crippen molar-refractivity contribution in [2.45, 2.75) is 77.6 Å². The number of phenolic OH excluding ortho intramolecular Hbond substituents is 1. The molecule has 4 N–H and O–H groups in total. The van der Waals surface area contributed by atoms with E-state index in [1.165, 1.54) is 7.11 Å². The molecule has 1 aromatic rings. The number of carbonyl (C=O) groups excluding carboxylic acids is 1. The van der Waals surface area contributed by atoms with Crippen molar-refractivity contribution in [1.82, 2.24) is 16.0 Å². The molecule has 0 unspecified atom stereocenters. The van der Waals surface area contributed by atoms with Gasteiger partial charge in [-0.25, -0.2) is 9.79 Å². The number of ether oxygens (including phenoxy) is 2. The number of rotatable bonds is 6. The van der Waals surface area contributed by atoms with Crippen molar-refractivity contribution in [3.05, 3.63) is 23.8 Å². The number of hydrogen-bond donors (Lipinski definition) is 4. The van der Waals surface area contributed by atoms with E-state index in [0.717, 1.165) is 43.8 Å². The van der Waals surface area contributed by atoms with Crippen LogP contribution in [0.1, 0.15) is 58.9 Å². The van der Waals surface area contributed by atoms with E-state index in [4.69, 9.17) is 9.47 Å². The zero-order valence-electron chi connectivity index (χ0n) is 19.2. The van der Waals surface area contributed by atoms with Gasteiger partial charge >= 0.3 is 6.09 Å². The fourth-order valence-corrected chi connectivity index (χ4v) is 3.37. The van der Waals surface area contributed by atoms with Crippen LogP contribution in [0.15, 0.2) is 23.2 Å². The number of halogens is 1. The van der Waals surface area contributed by atoms with Gasteiger partial charge in [0.15, 0.2) is 17.5 Å². The standard InChI is InChI=1S/C22H36N4O4.HI/c1-6-23-20(24-14-15-7-12-19(29-5)18(27)13-15)25-16-8-10-17(11-9-16)26-21(28)30-22(2,3)4;/h7,12-13,16-17,27H,6,8-11,14H2,1-5H3,(H,26,28)(H2,23,24,25);1H. The zero-order chi connectivity index (χ0) is 22.1. The van der Waals surface area contributed by atoms with Gasteiger partial charge in [-0.05, 0) is 71.1 Å². The molecule has 0 heterocycles. The van der Waals surface area contributed by atoms with Crippen molar-refractivity contribution in [2.24, 2.45) is 4.99 Å². The fraction of sp³-hybridized carbons (Fsp3) is 0.636. The van der Waals surface area contributed by atoms with Crippen LogP contribution in [-0.2, 0) is 11.3 Å². The third-order valence-corrected chi connectivity index (χ3v) is 4.80. The van der Waals surface area contributed by atoms with Crippen LogP contribution in [0, 0.1) is 0 Å². The Balaban J connectivity index is 0.00000480. The average Bonchev–Trinajstić information content (AvgIpc) is 2.66. The van der Waals surface area contributed by atoms with Crippen LogP contribution in [-0.4, -0.2) is 48.5 Å². The van der Waals surface area contributed by atoms with Gasteiger partial charge in [0.1, 0.15) is 5.60 Å². The van der Waals surface area contributed by atoms with Crippen molar-refractivity contribution in [2.75, 3.05) is 13.7 Å². The Morgan fingerprint density at radius 3 is 2.29 bits per heavy atom. The van der Waals surface area contributed by atoms with Crippen LogP contribution in [0.25, 0.3) is 0 Å². The van der Waals surface area contributed by atoms with E-state index in [-0.39, 0.29) is 41.9 Å². The number of alkyl carbamates (subject to hydrolysis) is 1. The maximum atomic E-state index is 12.0. The Morgan fingerprint density at radius 2 is 1.77 bits per heavy atom. The normalized spacial score (nSPS) is 19.1. The van der Waals surface area contributed by atoms with Crippen molar-refractivity contribution in [1.29, 1.82) is 0 Å². The molecule has 31 heavy (non-hydrogen) atoms. The molecule has 0 aromatic heterocycles. The molecule has 1 amide bonds. The van der Waals surface area contributed by atoms with Gasteiger partial charge < -0.3 is 30.5 Å². The minimum atomic E-state index is -0.485. The highest BCUT2D eigenvalue weighted by molar-refractivity contribution is 14.0. The Labute approximate surface area is 202 Å². The van der Waals surface area contributed by atoms with Crippen molar-refractivity contribution in [3.63, 3.8) is 0 Å². The smallest absolute Gasteiger partial charge is 0.407 e. The molecule has 1 fully saturated rings. The zero-order valence-corrected chi connectivity index (χ0v) is 21.5. The van der Waals surface area contributed by atoms with Gasteiger partial charge in [-0.15, -0.1) is 24.0 Å². The lowest BCUT2D eigenvalue weighted by Crippen LogP contribution is -2.48. The quantitative estimate of drug-likeness (QED) is 0.244. The highest BCUT2D eigenvalue weighted by Crippen LogP contribution is 2.26. The molecule has 9 heteroatoms. The van der Waals surface area contributed by atoms with Gasteiger partial charge in [-0.2, -0.15) is 0 Å². The molecule has 0 aliphatic heterocycles. The van der Waals surface area contributed by atoms with Gasteiger partial charge in [0.25, 0.3) is 0 Å². The first-order chi connectivity index (χ1) is 14.2. The van der Waals surface area contributed by atoms with Crippen LogP contribution >= 0.6 is 24.0 Å². The number of aliphatic imine (C=N–C) groups is 1. The third kappa shape index (κ3) is 9.84. The Bertz CT molecular complexity index is 729. The molecular formula is C22H37IN4O4. The summed E-state index contributed by atoms with van der Waals surface area (Å²) in [5, 5.41) is 19.6. The molecule has 8 nitrogen and oxygen atoms in total. The summed E-state index contributed by atoms with van der Waals surface area (Å²) in [5.41, 5.74) is 0.413. The maximum Gasteiger partial charge on any atom is 0.407 e. The van der Waals surface area contributed by atoms with E-state index in [9.17, 15) is 9.90 Å². The Hall–Kier alpha value is -1.91. The number of methoxy groups -OCH3 is 1. The number of phenols is 1. The molecule has 0 bridgehead atoms. The lowest BCUT2D eigenvalue weighted by Gasteiger charge is -2.31. The lowest BCUT2D eigenvalue weighted by molar-refractivity contribution is 0.0490. The van der Waals surface area contributed by atoms with Gasteiger partial charge in [0.2, 0.25) is 0 Å². The second-order valence-corrected chi connectivity index (χ2v) is 8.54. The van der Waals surface area contributed by atoms with E-state index < -0.39 is 5.60 Å². The number of nitrogens with zero attached hydrogens (tertiary/aromatic N) is 1. The lowest BCUT2D eigenvalue weighted by atomic mass is 9.91. The third-order valence-electron chi connectivity index (χ3n) is 4.80. The van der Waals surface area contributed by atoms with E-state index in [1.807, 2.05) is 33.8 Å². The van der Waals surface area contributed by atoms with Gasteiger partial charge in [-0.1, -0.05) is 6.07 Å². The maximum absolute atomic E-state index is 12.0. The van der Waals surface area contributed by atoms with Crippen LogP contribution in [0.5, 0.6) is 11.5 Å². The number of aromatic hydroxyl groups is 1. The first-order valence-corrected chi connectivity index (χ1v) is 10.6. The number of amides is 1. The first-order valence-electron chi connectivity index (χ1n) is 10.6. The second-order valence-electron chi connectivity index (χ2n) is 8.54. The monoisotopic (exact) mass is 548 g/mol. The van der Waals surface area contributed by atoms with Crippen molar-refractivity contribution >= 4 is 36.0 Å². The number of carbonyl (C=O) groups is 1. The summed E-state index contributed by atoms with van der Waals surface area (Å²) in [7, 11) is 1.53. The highest BCUT2D eigenvalue weighted by atomic mass is 127. The summed E-state index contributed by atoms with van der Waals surface area (Å²) in [5.74, 6) is 1.31. The van der Waals surface area contributed by atoms with Crippen LogP contribution in [0.3, 0.4) is 0 Å². The predicted octanol–water partition coefficient (Wildman–Crippen LogP) is 3.91. The largest absolute Gasteiger partial charge is 0.504 e. The topological polar surface area (TPSA) is 104 Å². The van der Waals surface area contributed by atoms with Gasteiger partial charge in [-0.3, -0.25) is 0 Å². The number of nitrogens with one attached hydrogen (secondary N) is 3. The summed E-state index contributed by atoms with van der Waals surface area (Å²) in [4.78, 5) is 16.6. The minimum Gasteiger partial charge on any atom is -0.504 e. The first kappa shape index (κ1) is 27.1. The number of hydrogen-bond acceptors (Lipinski definition) is 5. The summed E-state index contributed by atoms with van der Waals surface area (Å²) >= 11 is 0. The molecule has 0 radical (unpaired) electrons. The van der Waals surface area contributed by atoms with E-state index in [2.05, 4.69) is 20.9 Å². The number of benzene rings is 1. The van der Waals surface area contributed by atoms with Crippen LogP contribution < -0.4 is 20.7 Å². The van der Waals surface area contributed by atoms with E-state index in [0.29, 0.717) is 18.3 Å². The molecule has 1 aromatic carbocycles. The van der Waals surface area contributed by atoms with Crippen LogP contribution in [0.4, 0.5) is 4.79 Å². The molecule has 1 saturated carbocycles. The van der Waals surface area contributed by atoms with E-state index in [1.54, 1.807) is 12.1 Å². The Kier molecular flexibility index (Phi) is 11.2. The molecular weight excluding hydrogens is 511 g/mol. The molecule has 1 aliphatic rings.